The molecule has 18 heavy (non-hydrogen) atoms. The summed E-state index contributed by atoms with van der Waals surface area (Å²) in [5, 5.41) is 4.58. The maximum atomic E-state index is 12.6. The highest BCUT2D eigenvalue weighted by Crippen LogP contribution is 2.31. The van der Waals surface area contributed by atoms with Gasteiger partial charge < -0.3 is 5.32 Å². The smallest absolute Gasteiger partial charge is 0.0591 e. The summed E-state index contributed by atoms with van der Waals surface area (Å²) in [5.41, 5.74) is 0. The van der Waals surface area contributed by atoms with Gasteiger partial charge in [0.05, 0.1) is 20.7 Å². The molecule has 1 N–H and O–H groups in total. The average molecular weight is 306 g/mol. The van der Waals surface area contributed by atoms with E-state index < -0.39 is 10.8 Å². The third-order valence-electron chi connectivity index (χ3n) is 3.45. The van der Waals surface area contributed by atoms with Crippen LogP contribution in [0.2, 0.25) is 10.0 Å². The first-order valence-corrected chi connectivity index (χ1v) is 8.11. The van der Waals surface area contributed by atoms with E-state index in [0.29, 0.717) is 21.0 Å². The lowest BCUT2D eigenvalue weighted by atomic mass is 9.95. The van der Waals surface area contributed by atoms with Gasteiger partial charge in [0, 0.05) is 16.3 Å². The molecule has 0 aliphatic heterocycles. The van der Waals surface area contributed by atoms with E-state index in [1.807, 2.05) is 7.05 Å². The first-order chi connectivity index (χ1) is 8.61. The van der Waals surface area contributed by atoms with Crippen LogP contribution in [-0.2, 0) is 10.8 Å². The molecular formula is C13H17Cl2NOS. The van der Waals surface area contributed by atoms with E-state index in [-0.39, 0.29) is 5.25 Å². The Morgan fingerprint density at radius 2 is 2.11 bits per heavy atom. The van der Waals surface area contributed by atoms with Crippen molar-refractivity contribution < 1.29 is 4.21 Å². The Labute approximate surface area is 121 Å². The van der Waals surface area contributed by atoms with Crippen LogP contribution in [0.25, 0.3) is 0 Å². The molecule has 1 aromatic rings. The summed E-state index contributed by atoms with van der Waals surface area (Å²) in [6.07, 6.45) is 4.20. The molecule has 0 bridgehead atoms. The molecule has 2 rings (SSSR count). The summed E-state index contributed by atoms with van der Waals surface area (Å²) < 4.78 is 12.6. The molecule has 0 heterocycles. The molecule has 3 unspecified atom stereocenters. The molecule has 1 saturated carbocycles. The van der Waals surface area contributed by atoms with Gasteiger partial charge in [0.2, 0.25) is 0 Å². The lowest BCUT2D eigenvalue weighted by Gasteiger charge is -2.28. The van der Waals surface area contributed by atoms with E-state index in [1.165, 1.54) is 0 Å². The first-order valence-electron chi connectivity index (χ1n) is 6.14. The molecule has 1 aliphatic rings. The van der Waals surface area contributed by atoms with Crippen molar-refractivity contribution in [3.05, 3.63) is 28.2 Å². The minimum atomic E-state index is -1.07. The number of benzene rings is 1. The third kappa shape index (κ3) is 3.27. The van der Waals surface area contributed by atoms with Crippen LogP contribution >= 0.6 is 23.2 Å². The molecule has 0 aromatic heterocycles. The van der Waals surface area contributed by atoms with Gasteiger partial charge in [-0.1, -0.05) is 29.6 Å². The van der Waals surface area contributed by atoms with Crippen molar-refractivity contribution in [1.29, 1.82) is 0 Å². The monoisotopic (exact) mass is 305 g/mol. The molecular weight excluding hydrogens is 289 g/mol. The maximum absolute atomic E-state index is 12.6. The van der Waals surface area contributed by atoms with Crippen LogP contribution in [0.5, 0.6) is 0 Å². The van der Waals surface area contributed by atoms with Gasteiger partial charge in [-0.15, -0.1) is 0 Å². The Balaban J connectivity index is 2.17. The SMILES string of the molecule is CNC1CCCC(S(=O)c2cc(Cl)ccc2Cl)C1. The largest absolute Gasteiger partial charge is 0.317 e. The number of halogens is 2. The van der Waals surface area contributed by atoms with E-state index >= 15 is 0 Å². The fraction of sp³-hybridized carbons (Fsp3) is 0.538. The molecule has 100 valence electrons. The van der Waals surface area contributed by atoms with E-state index in [1.54, 1.807) is 18.2 Å². The van der Waals surface area contributed by atoms with Crippen molar-refractivity contribution in [3.8, 4) is 0 Å². The number of rotatable bonds is 3. The fourth-order valence-corrected chi connectivity index (χ4v) is 4.65. The number of hydrogen-bond acceptors (Lipinski definition) is 2. The Morgan fingerprint density at radius 1 is 1.33 bits per heavy atom. The standard InChI is InChI=1S/C13H17Cl2NOS/c1-16-10-3-2-4-11(8-10)18(17)13-7-9(14)5-6-12(13)15/h5-7,10-11,16H,2-4,8H2,1H3. The van der Waals surface area contributed by atoms with Crippen molar-refractivity contribution in [3.63, 3.8) is 0 Å². The van der Waals surface area contributed by atoms with E-state index in [9.17, 15) is 4.21 Å². The molecule has 3 atom stereocenters. The van der Waals surface area contributed by atoms with Gasteiger partial charge in [0.25, 0.3) is 0 Å². The van der Waals surface area contributed by atoms with Crippen LogP contribution in [0.3, 0.4) is 0 Å². The van der Waals surface area contributed by atoms with Crippen molar-refractivity contribution in [2.24, 2.45) is 0 Å². The summed E-state index contributed by atoms with van der Waals surface area (Å²) in [6, 6.07) is 5.63. The van der Waals surface area contributed by atoms with Crippen LogP contribution in [0, 0.1) is 0 Å². The lowest BCUT2D eigenvalue weighted by molar-refractivity contribution is 0.398. The molecule has 1 fully saturated rings. The molecule has 0 radical (unpaired) electrons. The highest BCUT2D eigenvalue weighted by molar-refractivity contribution is 7.85. The zero-order chi connectivity index (χ0) is 13.1. The van der Waals surface area contributed by atoms with Crippen LogP contribution in [-0.4, -0.2) is 22.5 Å². The van der Waals surface area contributed by atoms with Gasteiger partial charge in [-0.25, -0.2) is 0 Å². The van der Waals surface area contributed by atoms with Crippen molar-refractivity contribution in [1.82, 2.24) is 5.32 Å². The fourth-order valence-electron chi connectivity index (χ4n) is 2.41. The Bertz CT molecular complexity index is 453. The van der Waals surface area contributed by atoms with Gasteiger partial charge in [-0.2, -0.15) is 0 Å². The molecule has 1 aromatic carbocycles. The molecule has 1 aliphatic carbocycles. The Morgan fingerprint density at radius 3 is 2.83 bits per heavy atom. The number of nitrogens with one attached hydrogen (secondary N) is 1. The van der Waals surface area contributed by atoms with Crippen LogP contribution < -0.4 is 5.32 Å². The zero-order valence-corrected chi connectivity index (χ0v) is 12.6. The van der Waals surface area contributed by atoms with Gasteiger partial charge in [0.15, 0.2) is 0 Å². The Kier molecular flexibility index (Phi) is 5.07. The molecule has 0 amide bonds. The minimum absolute atomic E-state index is 0.173. The van der Waals surface area contributed by atoms with Crippen LogP contribution in [0.15, 0.2) is 23.1 Å². The zero-order valence-electron chi connectivity index (χ0n) is 10.3. The van der Waals surface area contributed by atoms with E-state index in [2.05, 4.69) is 5.32 Å². The average Bonchev–Trinajstić information content (AvgIpc) is 2.41. The van der Waals surface area contributed by atoms with Crippen molar-refractivity contribution in [2.45, 2.75) is 41.9 Å². The second-order valence-corrected chi connectivity index (χ2v) is 7.19. The number of hydrogen-bond donors (Lipinski definition) is 1. The van der Waals surface area contributed by atoms with E-state index in [4.69, 9.17) is 23.2 Å². The Hall–Kier alpha value is -0.0900. The van der Waals surface area contributed by atoms with E-state index in [0.717, 1.165) is 25.7 Å². The van der Waals surface area contributed by atoms with Gasteiger partial charge in [-0.05, 0) is 44.5 Å². The second kappa shape index (κ2) is 6.38. The summed E-state index contributed by atoms with van der Waals surface area (Å²) in [7, 11) is 0.890. The van der Waals surface area contributed by atoms with Crippen molar-refractivity contribution >= 4 is 34.0 Å². The first kappa shape index (κ1) is 14.3. The quantitative estimate of drug-likeness (QED) is 0.924. The topological polar surface area (TPSA) is 29.1 Å². The summed E-state index contributed by atoms with van der Waals surface area (Å²) >= 11 is 12.1. The summed E-state index contributed by atoms with van der Waals surface area (Å²) in [5.74, 6) is 0. The normalized spacial score (nSPS) is 25.9. The lowest BCUT2D eigenvalue weighted by Crippen LogP contribution is -2.35. The molecule has 0 spiro atoms. The summed E-state index contributed by atoms with van der Waals surface area (Å²) in [6.45, 7) is 0. The maximum Gasteiger partial charge on any atom is 0.0591 e. The van der Waals surface area contributed by atoms with Gasteiger partial charge in [-0.3, -0.25) is 4.21 Å². The molecule has 0 saturated heterocycles. The predicted molar refractivity (Wildman–Crippen MR) is 78.0 cm³/mol. The van der Waals surface area contributed by atoms with Crippen molar-refractivity contribution in [2.75, 3.05) is 7.05 Å². The molecule has 5 heteroatoms. The van der Waals surface area contributed by atoms with Gasteiger partial charge >= 0.3 is 0 Å². The van der Waals surface area contributed by atoms with Gasteiger partial charge in [0.1, 0.15) is 0 Å². The second-order valence-electron chi connectivity index (χ2n) is 4.65. The van der Waals surface area contributed by atoms with Crippen LogP contribution in [0.1, 0.15) is 25.7 Å². The highest BCUT2D eigenvalue weighted by atomic mass is 35.5. The van der Waals surface area contributed by atoms with Crippen LogP contribution in [0.4, 0.5) is 0 Å². The minimum Gasteiger partial charge on any atom is -0.317 e. The summed E-state index contributed by atoms with van der Waals surface area (Å²) in [4.78, 5) is 0.672. The third-order valence-corrected chi connectivity index (χ3v) is 5.93. The molecule has 2 nitrogen and oxygen atoms in total. The highest BCUT2D eigenvalue weighted by Gasteiger charge is 2.27. The predicted octanol–water partition coefficient (Wildman–Crippen LogP) is 3.63.